The van der Waals surface area contributed by atoms with Gasteiger partial charge in [-0.3, -0.25) is 4.42 Å². The molecule has 1 atom stereocenters. The molecule has 0 N–H and O–H groups in total. The second-order valence-electron chi connectivity index (χ2n) is 7.58. The van der Waals surface area contributed by atoms with Crippen LogP contribution in [-0.2, 0) is 5.41 Å². The van der Waals surface area contributed by atoms with Gasteiger partial charge in [0.2, 0.25) is 0 Å². The van der Waals surface area contributed by atoms with Gasteiger partial charge in [-0.2, -0.15) is 5.12 Å². The number of aliphatic imine (C=N–C) groups is 1. The molecule has 0 bridgehead atoms. The lowest BCUT2D eigenvalue weighted by molar-refractivity contribution is 0.219. The van der Waals surface area contributed by atoms with Gasteiger partial charge in [-0.25, -0.2) is 10.0 Å². The number of hydrazine groups is 1. The number of anilines is 1. The van der Waals surface area contributed by atoms with E-state index in [0.717, 1.165) is 22.8 Å². The molecular formula is C17H19ClN8. The SMILES string of the molecule is CC(C)(C)c1cnnn1N1C=NC2c3ccccc3N3CN(Cl)C=C3N21. The molecule has 0 radical (unpaired) electrons. The summed E-state index contributed by atoms with van der Waals surface area (Å²) in [6, 6.07) is 8.28. The molecule has 134 valence electrons. The minimum atomic E-state index is -0.158. The van der Waals surface area contributed by atoms with Crippen molar-refractivity contribution in [1.82, 2.24) is 24.5 Å². The summed E-state index contributed by atoms with van der Waals surface area (Å²) in [5.41, 5.74) is 3.15. The Morgan fingerprint density at radius 2 is 2.00 bits per heavy atom. The van der Waals surface area contributed by atoms with Crippen LogP contribution in [0.15, 0.2) is 47.5 Å². The minimum absolute atomic E-state index is 0.106. The van der Waals surface area contributed by atoms with Crippen LogP contribution in [-0.4, -0.2) is 37.5 Å². The summed E-state index contributed by atoms with van der Waals surface area (Å²) in [4.78, 5) is 8.73. The van der Waals surface area contributed by atoms with E-state index in [9.17, 15) is 0 Å². The zero-order valence-corrected chi connectivity index (χ0v) is 15.5. The maximum atomic E-state index is 6.31. The van der Waals surface area contributed by atoms with Crippen molar-refractivity contribution in [2.45, 2.75) is 32.4 Å². The lowest BCUT2D eigenvalue weighted by Gasteiger charge is -2.42. The number of hydrogen-bond donors (Lipinski definition) is 0. The van der Waals surface area contributed by atoms with Crippen molar-refractivity contribution in [2.24, 2.45) is 4.99 Å². The van der Waals surface area contributed by atoms with Crippen molar-refractivity contribution in [2.75, 3.05) is 16.7 Å². The Morgan fingerprint density at radius 1 is 1.19 bits per heavy atom. The number of aromatic nitrogens is 3. The number of fused-ring (bicyclic) bond motifs is 6. The summed E-state index contributed by atoms with van der Waals surface area (Å²) in [7, 11) is 0. The number of rotatable bonds is 1. The summed E-state index contributed by atoms with van der Waals surface area (Å²) in [6.07, 6.45) is 5.36. The molecule has 8 nitrogen and oxygen atoms in total. The van der Waals surface area contributed by atoms with E-state index in [1.54, 1.807) is 21.7 Å². The molecule has 5 rings (SSSR count). The first kappa shape index (κ1) is 15.5. The molecule has 3 aliphatic rings. The van der Waals surface area contributed by atoms with Crippen molar-refractivity contribution >= 4 is 23.8 Å². The third-order valence-corrected chi connectivity index (χ3v) is 5.01. The molecule has 3 aliphatic heterocycles. The van der Waals surface area contributed by atoms with Gasteiger partial charge in [-0.05, 0) is 11.3 Å². The highest BCUT2D eigenvalue weighted by molar-refractivity contribution is 6.14. The van der Waals surface area contributed by atoms with E-state index in [1.807, 2.05) is 23.5 Å². The number of benzene rings is 1. The van der Waals surface area contributed by atoms with Gasteiger partial charge >= 0.3 is 0 Å². The van der Waals surface area contributed by atoms with Crippen molar-refractivity contribution in [1.29, 1.82) is 0 Å². The molecule has 1 aromatic heterocycles. The average molecular weight is 371 g/mol. The number of para-hydroxylation sites is 1. The van der Waals surface area contributed by atoms with E-state index >= 15 is 0 Å². The average Bonchev–Trinajstić information content (AvgIpc) is 3.30. The summed E-state index contributed by atoms with van der Waals surface area (Å²) in [5.74, 6) is 0.955. The quantitative estimate of drug-likeness (QED) is 0.719. The van der Waals surface area contributed by atoms with E-state index in [4.69, 9.17) is 16.8 Å². The Balaban J connectivity index is 1.65. The third kappa shape index (κ3) is 2.05. The topological polar surface area (TPSA) is 56.0 Å². The summed E-state index contributed by atoms with van der Waals surface area (Å²) in [5, 5.41) is 12.4. The van der Waals surface area contributed by atoms with Crippen molar-refractivity contribution in [3.63, 3.8) is 0 Å². The van der Waals surface area contributed by atoms with E-state index < -0.39 is 0 Å². The van der Waals surface area contributed by atoms with E-state index in [2.05, 4.69) is 53.1 Å². The van der Waals surface area contributed by atoms with Gasteiger partial charge in [0, 0.05) is 22.8 Å². The maximum Gasteiger partial charge on any atom is 0.173 e. The molecule has 26 heavy (non-hydrogen) atoms. The lowest BCUT2D eigenvalue weighted by atomic mass is 9.93. The Kier molecular flexibility index (Phi) is 3.06. The van der Waals surface area contributed by atoms with Crippen LogP contribution in [0.3, 0.4) is 0 Å². The highest BCUT2D eigenvalue weighted by atomic mass is 35.5. The predicted octanol–water partition coefficient (Wildman–Crippen LogP) is 2.52. The lowest BCUT2D eigenvalue weighted by Crippen LogP contribution is -2.52. The van der Waals surface area contributed by atoms with E-state index in [1.165, 1.54) is 0 Å². The van der Waals surface area contributed by atoms with Crippen molar-refractivity contribution < 1.29 is 0 Å². The van der Waals surface area contributed by atoms with Crippen LogP contribution in [0, 0.1) is 0 Å². The van der Waals surface area contributed by atoms with E-state index in [-0.39, 0.29) is 11.6 Å². The predicted molar refractivity (Wildman–Crippen MR) is 99.6 cm³/mol. The fourth-order valence-corrected chi connectivity index (χ4v) is 3.78. The van der Waals surface area contributed by atoms with Gasteiger partial charge < -0.3 is 4.90 Å². The highest BCUT2D eigenvalue weighted by Crippen LogP contribution is 2.45. The van der Waals surface area contributed by atoms with Crippen LogP contribution in [0.4, 0.5) is 5.69 Å². The molecule has 1 unspecified atom stereocenters. The smallest absolute Gasteiger partial charge is 0.173 e. The van der Waals surface area contributed by atoms with Crippen molar-refractivity contribution in [3.8, 4) is 0 Å². The summed E-state index contributed by atoms with van der Waals surface area (Å²) < 4.78 is 1.65. The fraction of sp³-hybridized carbons (Fsp3) is 0.353. The van der Waals surface area contributed by atoms with Crippen LogP contribution in [0.2, 0.25) is 0 Å². The van der Waals surface area contributed by atoms with Gasteiger partial charge in [0.15, 0.2) is 12.0 Å². The van der Waals surface area contributed by atoms with Gasteiger partial charge in [0.05, 0.1) is 23.8 Å². The van der Waals surface area contributed by atoms with Gasteiger partial charge in [0.1, 0.15) is 13.0 Å². The Hall–Kier alpha value is -2.74. The molecule has 2 aromatic rings. The molecule has 9 heteroatoms. The second kappa shape index (κ2) is 5.14. The van der Waals surface area contributed by atoms with Crippen LogP contribution >= 0.6 is 11.8 Å². The minimum Gasteiger partial charge on any atom is -0.305 e. The molecule has 1 aromatic carbocycles. The molecule has 0 spiro atoms. The first-order valence-electron chi connectivity index (χ1n) is 8.49. The van der Waals surface area contributed by atoms with Crippen LogP contribution in [0.5, 0.6) is 0 Å². The van der Waals surface area contributed by atoms with Gasteiger partial charge in [-0.15, -0.1) is 9.89 Å². The Bertz CT molecular complexity index is 927. The van der Waals surface area contributed by atoms with Gasteiger partial charge in [0.25, 0.3) is 0 Å². The first-order chi connectivity index (χ1) is 12.4. The second-order valence-corrected chi connectivity index (χ2v) is 8.01. The van der Waals surface area contributed by atoms with Gasteiger partial charge in [-0.1, -0.05) is 39.0 Å². The zero-order valence-electron chi connectivity index (χ0n) is 14.8. The number of nitrogens with zero attached hydrogens (tertiary/aromatic N) is 8. The van der Waals surface area contributed by atoms with Crippen LogP contribution in [0.1, 0.15) is 38.2 Å². The fourth-order valence-electron chi connectivity index (χ4n) is 3.59. The summed E-state index contributed by atoms with van der Waals surface area (Å²) in [6.45, 7) is 6.99. The van der Waals surface area contributed by atoms with Crippen LogP contribution < -0.4 is 10.0 Å². The molecular weight excluding hydrogens is 352 g/mol. The zero-order chi connectivity index (χ0) is 18.1. The largest absolute Gasteiger partial charge is 0.305 e. The molecule has 0 fully saturated rings. The molecule has 4 heterocycles. The third-order valence-electron chi connectivity index (χ3n) is 4.81. The van der Waals surface area contributed by atoms with Crippen LogP contribution in [0.25, 0.3) is 0 Å². The molecule has 0 amide bonds. The standard InChI is InChI=1S/C17H19ClN8/c1-17(2,3)14-8-20-21-26(14)24-10-19-16-12-6-4-5-7-13(12)23-11-22(18)9-15(23)25(16)24/h4-10,16H,11H2,1-3H3. The maximum absolute atomic E-state index is 6.31. The first-order valence-corrected chi connectivity index (χ1v) is 8.83. The summed E-state index contributed by atoms with van der Waals surface area (Å²) >= 11 is 6.31. The Labute approximate surface area is 156 Å². The number of hydrogen-bond acceptors (Lipinski definition) is 7. The highest BCUT2D eigenvalue weighted by Gasteiger charge is 2.44. The molecule has 0 saturated carbocycles. The molecule has 0 aliphatic carbocycles. The monoisotopic (exact) mass is 370 g/mol. The Morgan fingerprint density at radius 3 is 2.81 bits per heavy atom. The normalized spacial score (nSPS) is 21.1. The van der Waals surface area contributed by atoms with E-state index in [0.29, 0.717) is 6.67 Å². The van der Waals surface area contributed by atoms with Crippen molar-refractivity contribution in [3.05, 3.63) is 53.7 Å². The molecule has 0 saturated heterocycles. The number of halogens is 1.